The van der Waals surface area contributed by atoms with Crippen LogP contribution in [0.4, 0.5) is 0 Å². The molecule has 0 aromatic heterocycles. The minimum atomic E-state index is 0.833. The number of hydrogen-bond donors (Lipinski definition) is 0. The smallest absolute Gasteiger partial charge is 0.00329 e. The third-order valence-electron chi connectivity index (χ3n) is 0.917. The van der Waals surface area contributed by atoms with Crippen LogP contribution in [0.25, 0.3) is 0 Å². The Hall–Kier alpha value is 0.0900. The van der Waals surface area contributed by atoms with E-state index in [4.69, 9.17) is 0 Å². The van der Waals surface area contributed by atoms with E-state index >= 15 is 0 Å². The van der Waals surface area contributed by atoms with E-state index in [0.29, 0.717) is 0 Å². The fourth-order valence-electron chi connectivity index (χ4n) is 0.486. The summed E-state index contributed by atoms with van der Waals surface area (Å²) in [7, 11) is 0. The zero-order chi connectivity index (χ0) is 7.11. The standard InChI is InChI=1S/C8H16S/c1-4-5-6-9-7-8(2)3/h4,8H,1,5-7H2,2-3H3. The quantitative estimate of drug-likeness (QED) is 0.422. The molecule has 0 rings (SSSR count). The van der Waals surface area contributed by atoms with Crippen molar-refractivity contribution in [3.8, 4) is 0 Å². The molecular weight excluding hydrogens is 128 g/mol. The molecule has 0 N–H and O–H groups in total. The van der Waals surface area contributed by atoms with Crippen LogP contribution in [0.1, 0.15) is 20.3 Å². The van der Waals surface area contributed by atoms with Gasteiger partial charge in [0.25, 0.3) is 0 Å². The van der Waals surface area contributed by atoms with Gasteiger partial charge in [0.15, 0.2) is 0 Å². The Morgan fingerprint density at radius 2 is 2.22 bits per heavy atom. The van der Waals surface area contributed by atoms with Crippen LogP contribution >= 0.6 is 11.8 Å². The third kappa shape index (κ3) is 8.09. The fraction of sp³-hybridized carbons (Fsp3) is 0.750. The van der Waals surface area contributed by atoms with Crippen LogP contribution in [0.2, 0.25) is 0 Å². The van der Waals surface area contributed by atoms with Crippen LogP contribution in [0.5, 0.6) is 0 Å². The lowest BCUT2D eigenvalue weighted by Crippen LogP contribution is -1.91. The molecule has 0 atom stereocenters. The van der Waals surface area contributed by atoms with Crippen molar-refractivity contribution in [3.63, 3.8) is 0 Å². The Bertz CT molecular complexity index is 67.0. The van der Waals surface area contributed by atoms with E-state index in [-0.39, 0.29) is 0 Å². The average Bonchev–Trinajstić information content (AvgIpc) is 1.80. The molecule has 0 aliphatic carbocycles. The van der Waals surface area contributed by atoms with Gasteiger partial charge in [0.1, 0.15) is 0 Å². The second kappa shape index (κ2) is 6.21. The third-order valence-corrected chi connectivity index (χ3v) is 2.34. The molecule has 54 valence electrons. The summed E-state index contributed by atoms with van der Waals surface area (Å²) in [4.78, 5) is 0. The first-order chi connectivity index (χ1) is 4.27. The Morgan fingerprint density at radius 3 is 2.67 bits per heavy atom. The van der Waals surface area contributed by atoms with E-state index in [0.717, 1.165) is 12.3 Å². The molecule has 0 nitrogen and oxygen atoms in total. The highest BCUT2D eigenvalue weighted by Crippen LogP contribution is 2.08. The highest BCUT2D eigenvalue weighted by Gasteiger charge is 1.91. The largest absolute Gasteiger partial charge is 0.161 e. The van der Waals surface area contributed by atoms with Gasteiger partial charge in [0.2, 0.25) is 0 Å². The Balaban J connectivity index is 2.82. The molecule has 0 fully saturated rings. The highest BCUT2D eigenvalue weighted by molar-refractivity contribution is 7.99. The van der Waals surface area contributed by atoms with E-state index < -0.39 is 0 Å². The molecule has 0 bridgehead atoms. The predicted octanol–water partition coefficient (Wildman–Crippen LogP) is 2.95. The molecule has 0 heterocycles. The second-order valence-electron chi connectivity index (χ2n) is 2.55. The second-order valence-corrected chi connectivity index (χ2v) is 3.70. The SMILES string of the molecule is C=CCCSCC(C)C. The monoisotopic (exact) mass is 144 g/mol. The number of rotatable bonds is 5. The Kier molecular flexibility index (Phi) is 6.28. The van der Waals surface area contributed by atoms with Gasteiger partial charge < -0.3 is 0 Å². The molecule has 1 heteroatoms. The summed E-state index contributed by atoms with van der Waals surface area (Å²) in [6.45, 7) is 8.17. The lowest BCUT2D eigenvalue weighted by Gasteiger charge is -2.01. The molecule has 0 spiro atoms. The van der Waals surface area contributed by atoms with Crippen LogP contribution in [0.3, 0.4) is 0 Å². The van der Waals surface area contributed by atoms with E-state index in [9.17, 15) is 0 Å². The zero-order valence-corrected chi connectivity index (χ0v) is 7.21. The summed E-state index contributed by atoms with van der Waals surface area (Å²) in [6.07, 6.45) is 3.13. The first-order valence-electron chi connectivity index (χ1n) is 3.46. The van der Waals surface area contributed by atoms with Gasteiger partial charge in [-0.15, -0.1) is 6.58 Å². The molecule has 9 heavy (non-hydrogen) atoms. The summed E-state index contributed by atoms with van der Waals surface area (Å²) in [6, 6.07) is 0. The lowest BCUT2D eigenvalue weighted by atomic mass is 10.3. The van der Waals surface area contributed by atoms with Crippen molar-refractivity contribution in [3.05, 3.63) is 12.7 Å². The van der Waals surface area contributed by atoms with Crippen molar-refractivity contribution >= 4 is 11.8 Å². The minimum Gasteiger partial charge on any atom is -0.161 e. The first kappa shape index (κ1) is 9.09. The summed E-state index contributed by atoms with van der Waals surface area (Å²) in [5.41, 5.74) is 0. The predicted molar refractivity (Wildman–Crippen MR) is 47.0 cm³/mol. The molecule has 0 aliphatic rings. The summed E-state index contributed by atoms with van der Waals surface area (Å²) < 4.78 is 0. The lowest BCUT2D eigenvalue weighted by molar-refractivity contribution is 0.750. The van der Waals surface area contributed by atoms with Gasteiger partial charge in [-0.1, -0.05) is 19.9 Å². The van der Waals surface area contributed by atoms with Crippen LogP contribution in [-0.2, 0) is 0 Å². The highest BCUT2D eigenvalue weighted by atomic mass is 32.2. The maximum absolute atomic E-state index is 3.66. The molecular formula is C8H16S. The van der Waals surface area contributed by atoms with Gasteiger partial charge in [-0.25, -0.2) is 0 Å². The zero-order valence-electron chi connectivity index (χ0n) is 6.39. The molecule has 0 amide bonds. The van der Waals surface area contributed by atoms with Crippen molar-refractivity contribution in [2.75, 3.05) is 11.5 Å². The molecule has 0 aliphatic heterocycles. The topological polar surface area (TPSA) is 0 Å². The first-order valence-corrected chi connectivity index (χ1v) is 4.61. The van der Waals surface area contributed by atoms with Crippen molar-refractivity contribution in [1.29, 1.82) is 0 Å². The number of hydrogen-bond acceptors (Lipinski definition) is 1. The fourth-order valence-corrected chi connectivity index (χ4v) is 1.46. The van der Waals surface area contributed by atoms with Crippen molar-refractivity contribution < 1.29 is 0 Å². The van der Waals surface area contributed by atoms with Crippen LogP contribution < -0.4 is 0 Å². The van der Waals surface area contributed by atoms with Gasteiger partial charge >= 0.3 is 0 Å². The van der Waals surface area contributed by atoms with Crippen molar-refractivity contribution in [2.45, 2.75) is 20.3 Å². The molecule has 0 aromatic carbocycles. The molecule has 0 radical (unpaired) electrons. The van der Waals surface area contributed by atoms with Crippen LogP contribution in [0.15, 0.2) is 12.7 Å². The van der Waals surface area contributed by atoms with Gasteiger partial charge in [-0.2, -0.15) is 11.8 Å². The molecule has 0 unspecified atom stereocenters. The molecule has 0 aromatic rings. The maximum Gasteiger partial charge on any atom is -0.00329 e. The van der Waals surface area contributed by atoms with E-state index in [1.54, 1.807) is 0 Å². The van der Waals surface area contributed by atoms with Gasteiger partial charge in [-0.3, -0.25) is 0 Å². The van der Waals surface area contributed by atoms with Crippen LogP contribution in [-0.4, -0.2) is 11.5 Å². The van der Waals surface area contributed by atoms with E-state index in [1.165, 1.54) is 11.5 Å². The normalized spacial score (nSPS) is 10.1. The minimum absolute atomic E-state index is 0.833. The Labute approximate surface area is 62.7 Å². The van der Waals surface area contributed by atoms with E-state index in [2.05, 4.69) is 20.4 Å². The van der Waals surface area contributed by atoms with Gasteiger partial charge in [0.05, 0.1) is 0 Å². The van der Waals surface area contributed by atoms with Gasteiger partial charge in [-0.05, 0) is 23.8 Å². The van der Waals surface area contributed by atoms with Crippen molar-refractivity contribution in [2.24, 2.45) is 5.92 Å². The molecule has 0 saturated heterocycles. The van der Waals surface area contributed by atoms with Crippen molar-refractivity contribution in [1.82, 2.24) is 0 Å². The number of allylic oxidation sites excluding steroid dienone is 1. The van der Waals surface area contributed by atoms with Gasteiger partial charge in [0, 0.05) is 0 Å². The van der Waals surface area contributed by atoms with E-state index in [1.807, 2.05) is 17.8 Å². The maximum atomic E-state index is 3.66. The Morgan fingerprint density at radius 1 is 1.56 bits per heavy atom. The average molecular weight is 144 g/mol. The summed E-state index contributed by atoms with van der Waals surface area (Å²) in [5.74, 6) is 3.36. The summed E-state index contributed by atoms with van der Waals surface area (Å²) in [5, 5.41) is 0. The number of thioether (sulfide) groups is 1. The molecule has 0 saturated carbocycles. The summed E-state index contributed by atoms with van der Waals surface area (Å²) >= 11 is 2.01. The van der Waals surface area contributed by atoms with Crippen LogP contribution in [0, 0.1) is 5.92 Å².